The molecule has 0 radical (unpaired) electrons. The van der Waals surface area contributed by atoms with Crippen molar-refractivity contribution in [3.8, 4) is 0 Å². The van der Waals surface area contributed by atoms with Crippen molar-refractivity contribution in [2.75, 3.05) is 18.4 Å². The smallest absolute Gasteiger partial charge is 0.188 e. The fourth-order valence-electron chi connectivity index (χ4n) is 3.33. The number of aromatic nitrogens is 5. The van der Waals surface area contributed by atoms with Gasteiger partial charge in [-0.15, -0.1) is 11.3 Å². The number of aromatic amines is 1. The third-order valence-corrected chi connectivity index (χ3v) is 5.11. The predicted molar refractivity (Wildman–Crippen MR) is 97.7 cm³/mol. The van der Waals surface area contributed by atoms with Crippen molar-refractivity contribution in [1.82, 2.24) is 29.8 Å². The second-order valence-electron chi connectivity index (χ2n) is 6.34. The molecule has 0 spiro atoms. The van der Waals surface area contributed by atoms with Crippen molar-refractivity contribution in [1.29, 1.82) is 0 Å². The van der Waals surface area contributed by atoms with Crippen LogP contribution in [0, 0.1) is 5.92 Å². The first-order valence-corrected chi connectivity index (χ1v) is 9.41. The summed E-state index contributed by atoms with van der Waals surface area (Å²) in [7, 11) is 0. The molecule has 0 aromatic carbocycles. The zero-order valence-corrected chi connectivity index (χ0v) is 14.7. The van der Waals surface area contributed by atoms with Crippen LogP contribution in [-0.4, -0.2) is 42.9 Å². The minimum Gasteiger partial charge on any atom is -0.348 e. The third kappa shape index (κ3) is 4.40. The number of hydrogen-bond donors (Lipinski definition) is 2. The second-order valence-corrected chi connectivity index (χ2v) is 7.23. The van der Waals surface area contributed by atoms with E-state index in [1.165, 1.54) is 12.8 Å². The summed E-state index contributed by atoms with van der Waals surface area (Å²) in [6.45, 7) is 3.11. The molecule has 1 aliphatic rings. The van der Waals surface area contributed by atoms with E-state index in [4.69, 9.17) is 0 Å². The maximum absolute atomic E-state index is 4.46. The molecule has 0 amide bonds. The first kappa shape index (κ1) is 16.2. The average molecular weight is 355 g/mol. The average Bonchev–Trinajstić information content (AvgIpc) is 3.30. The van der Waals surface area contributed by atoms with Crippen LogP contribution in [0.25, 0.3) is 0 Å². The molecule has 0 saturated carbocycles. The highest BCUT2D eigenvalue weighted by atomic mass is 32.1. The lowest BCUT2D eigenvalue weighted by Gasteiger charge is -2.32. The molecule has 8 heteroatoms. The number of anilines is 2. The first-order chi connectivity index (χ1) is 12.3. The van der Waals surface area contributed by atoms with Crippen LogP contribution in [0.2, 0.25) is 0 Å². The van der Waals surface area contributed by atoms with E-state index in [0.717, 1.165) is 48.5 Å². The van der Waals surface area contributed by atoms with Crippen molar-refractivity contribution in [3.63, 3.8) is 0 Å². The summed E-state index contributed by atoms with van der Waals surface area (Å²) in [5.41, 5.74) is 1.08. The number of piperidine rings is 1. The molecule has 3 aromatic rings. The number of rotatable bonds is 6. The summed E-state index contributed by atoms with van der Waals surface area (Å²) >= 11 is 1.56. The molecule has 7 nitrogen and oxygen atoms in total. The number of imidazole rings is 1. The number of hydrogen-bond acceptors (Lipinski definition) is 7. The van der Waals surface area contributed by atoms with Gasteiger partial charge in [0, 0.05) is 42.3 Å². The van der Waals surface area contributed by atoms with Gasteiger partial charge in [-0.3, -0.25) is 4.90 Å². The summed E-state index contributed by atoms with van der Waals surface area (Å²) < 4.78 is 0. The van der Waals surface area contributed by atoms with Crippen LogP contribution in [0.4, 0.5) is 10.9 Å². The van der Waals surface area contributed by atoms with Gasteiger partial charge >= 0.3 is 0 Å². The molecular formula is C17H21N7S. The second kappa shape index (κ2) is 7.71. The fourth-order valence-corrected chi connectivity index (χ4v) is 3.86. The van der Waals surface area contributed by atoms with E-state index < -0.39 is 0 Å². The molecule has 130 valence electrons. The zero-order valence-electron chi connectivity index (χ0n) is 13.9. The Bertz CT molecular complexity index is 772. The van der Waals surface area contributed by atoms with Crippen LogP contribution >= 0.6 is 11.3 Å². The molecule has 0 aliphatic carbocycles. The van der Waals surface area contributed by atoms with Gasteiger partial charge in [-0.25, -0.2) is 19.9 Å². The molecule has 0 bridgehead atoms. The molecule has 1 atom stereocenters. The third-order valence-electron chi connectivity index (χ3n) is 4.42. The Morgan fingerprint density at radius 3 is 3.08 bits per heavy atom. The molecule has 0 unspecified atom stereocenters. The van der Waals surface area contributed by atoms with Gasteiger partial charge in [0.25, 0.3) is 0 Å². The van der Waals surface area contributed by atoms with Crippen LogP contribution in [-0.2, 0) is 13.0 Å². The number of thiazole rings is 1. The van der Waals surface area contributed by atoms with Crippen LogP contribution in [0.5, 0.6) is 0 Å². The summed E-state index contributed by atoms with van der Waals surface area (Å²) in [5.74, 6) is 2.46. The van der Waals surface area contributed by atoms with E-state index in [0.29, 0.717) is 5.92 Å². The maximum atomic E-state index is 4.46. The van der Waals surface area contributed by atoms with E-state index in [-0.39, 0.29) is 0 Å². The fraction of sp³-hybridized carbons (Fsp3) is 0.412. The van der Waals surface area contributed by atoms with Gasteiger partial charge in [-0.2, -0.15) is 0 Å². The zero-order chi connectivity index (χ0) is 16.9. The number of nitrogens with one attached hydrogen (secondary N) is 2. The highest BCUT2D eigenvalue weighted by Crippen LogP contribution is 2.22. The van der Waals surface area contributed by atoms with Gasteiger partial charge < -0.3 is 10.3 Å². The number of H-pyrrole nitrogens is 1. The lowest BCUT2D eigenvalue weighted by Crippen LogP contribution is -2.36. The monoisotopic (exact) mass is 355 g/mol. The SMILES string of the molecule is c1nc(C[C@@H]2CCCN(Cc3ncc[nH]3)C2)cc(Nc2nccs2)n1. The quantitative estimate of drug-likeness (QED) is 0.707. The highest BCUT2D eigenvalue weighted by Gasteiger charge is 2.21. The van der Waals surface area contributed by atoms with Crippen LogP contribution in [0.1, 0.15) is 24.4 Å². The van der Waals surface area contributed by atoms with Crippen molar-refractivity contribution < 1.29 is 0 Å². The topological polar surface area (TPSA) is 82.6 Å². The summed E-state index contributed by atoms with van der Waals surface area (Å²) in [4.78, 5) is 23.0. The first-order valence-electron chi connectivity index (χ1n) is 8.53. The molecular weight excluding hydrogens is 334 g/mol. The van der Waals surface area contributed by atoms with Crippen molar-refractivity contribution >= 4 is 22.3 Å². The van der Waals surface area contributed by atoms with E-state index in [9.17, 15) is 0 Å². The molecule has 25 heavy (non-hydrogen) atoms. The normalized spacial score (nSPS) is 18.3. The highest BCUT2D eigenvalue weighted by molar-refractivity contribution is 7.13. The Hall–Kier alpha value is -2.32. The largest absolute Gasteiger partial charge is 0.348 e. The van der Waals surface area contributed by atoms with Gasteiger partial charge in [0.15, 0.2) is 5.13 Å². The lowest BCUT2D eigenvalue weighted by atomic mass is 9.93. The molecule has 4 rings (SSSR count). The predicted octanol–water partition coefficient (Wildman–Crippen LogP) is 2.85. The summed E-state index contributed by atoms with van der Waals surface area (Å²) in [6, 6.07) is 2.03. The molecule has 1 saturated heterocycles. The number of nitrogens with zero attached hydrogens (tertiary/aromatic N) is 5. The molecule has 4 heterocycles. The van der Waals surface area contributed by atoms with Gasteiger partial charge in [0.1, 0.15) is 18.0 Å². The maximum Gasteiger partial charge on any atom is 0.188 e. The summed E-state index contributed by atoms with van der Waals surface area (Å²) in [6.07, 6.45) is 10.6. The molecule has 1 fully saturated rings. The van der Waals surface area contributed by atoms with Crippen LogP contribution in [0.15, 0.2) is 36.4 Å². The van der Waals surface area contributed by atoms with E-state index in [2.05, 4.69) is 35.1 Å². The Morgan fingerprint density at radius 2 is 2.24 bits per heavy atom. The van der Waals surface area contributed by atoms with Crippen LogP contribution < -0.4 is 5.32 Å². The standard InChI is InChI=1S/C17H21N7S/c1-2-13(10-24(6-1)11-16-18-3-4-19-16)8-14-9-15(22-12-21-14)23-17-20-5-7-25-17/h3-5,7,9,12-13H,1-2,6,8,10-11H2,(H,18,19)(H,20,21,22,23)/t13-/m0/s1. The Labute approximate surface area is 150 Å². The Balaban J connectivity index is 1.36. The molecule has 3 aromatic heterocycles. The van der Waals surface area contributed by atoms with E-state index in [1.54, 1.807) is 23.9 Å². The minimum absolute atomic E-state index is 0.617. The van der Waals surface area contributed by atoms with Crippen molar-refractivity contribution in [2.45, 2.75) is 25.8 Å². The van der Waals surface area contributed by atoms with E-state index in [1.807, 2.05) is 23.8 Å². The van der Waals surface area contributed by atoms with Gasteiger partial charge in [0.2, 0.25) is 0 Å². The summed E-state index contributed by atoms with van der Waals surface area (Å²) in [5, 5.41) is 6.03. The van der Waals surface area contributed by atoms with Crippen molar-refractivity contribution in [3.05, 3.63) is 47.9 Å². The number of likely N-dealkylation sites (tertiary alicyclic amines) is 1. The molecule has 1 aliphatic heterocycles. The van der Waals surface area contributed by atoms with Gasteiger partial charge in [-0.05, 0) is 31.7 Å². The van der Waals surface area contributed by atoms with E-state index >= 15 is 0 Å². The Morgan fingerprint density at radius 1 is 1.24 bits per heavy atom. The van der Waals surface area contributed by atoms with Gasteiger partial charge in [0.05, 0.1) is 6.54 Å². The lowest BCUT2D eigenvalue weighted by molar-refractivity contribution is 0.163. The van der Waals surface area contributed by atoms with Gasteiger partial charge in [-0.1, -0.05) is 0 Å². The van der Waals surface area contributed by atoms with Crippen molar-refractivity contribution in [2.24, 2.45) is 5.92 Å². The Kier molecular flexibility index (Phi) is 4.98. The molecule has 2 N–H and O–H groups in total. The minimum atomic E-state index is 0.617. The van der Waals surface area contributed by atoms with Crippen LogP contribution in [0.3, 0.4) is 0 Å².